The van der Waals surface area contributed by atoms with Crippen molar-refractivity contribution in [1.82, 2.24) is 5.32 Å². The zero-order chi connectivity index (χ0) is 15.3. The highest BCUT2D eigenvalue weighted by Gasteiger charge is 2.38. The molecule has 1 aliphatic heterocycles. The van der Waals surface area contributed by atoms with E-state index in [4.69, 9.17) is 0 Å². The van der Waals surface area contributed by atoms with Crippen molar-refractivity contribution >= 4 is 11.6 Å². The van der Waals surface area contributed by atoms with E-state index in [0.29, 0.717) is 0 Å². The van der Waals surface area contributed by atoms with Crippen LogP contribution in [0.4, 0.5) is 14.5 Å². The van der Waals surface area contributed by atoms with Gasteiger partial charge >= 0.3 is 6.61 Å². The first-order valence-corrected chi connectivity index (χ1v) is 7.13. The highest BCUT2D eigenvalue weighted by atomic mass is 19.3. The van der Waals surface area contributed by atoms with Gasteiger partial charge in [-0.1, -0.05) is 19.1 Å². The molecular formula is C15H20F2N2O2. The van der Waals surface area contributed by atoms with Gasteiger partial charge < -0.3 is 15.4 Å². The summed E-state index contributed by atoms with van der Waals surface area (Å²) in [5, 5.41) is 5.98. The fraction of sp³-hybridized carbons (Fsp3) is 0.533. The van der Waals surface area contributed by atoms with E-state index in [-0.39, 0.29) is 17.3 Å². The van der Waals surface area contributed by atoms with Gasteiger partial charge in [0.25, 0.3) is 0 Å². The number of para-hydroxylation sites is 2. The summed E-state index contributed by atoms with van der Waals surface area (Å²) in [7, 11) is 0. The summed E-state index contributed by atoms with van der Waals surface area (Å²) in [6, 6.07) is 6.26. The predicted molar refractivity (Wildman–Crippen MR) is 76.5 cm³/mol. The van der Waals surface area contributed by atoms with Gasteiger partial charge in [-0.3, -0.25) is 4.79 Å². The molecule has 1 aromatic rings. The van der Waals surface area contributed by atoms with E-state index in [1.807, 2.05) is 6.92 Å². The summed E-state index contributed by atoms with van der Waals surface area (Å²) in [4.78, 5) is 12.6. The van der Waals surface area contributed by atoms with Crippen molar-refractivity contribution in [2.24, 2.45) is 5.41 Å². The standard InChI is InChI=1S/C15H20F2N2O2/c1-2-15(7-9-18-10-8-15)13(20)19-11-5-3-4-6-12(11)21-14(16)17/h3-6,14,18H,2,7-10H2,1H3,(H,19,20). The fourth-order valence-electron chi connectivity index (χ4n) is 2.67. The summed E-state index contributed by atoms with van der Waals surface area (Å²) in [5.74, 6) is -0.141. The number of carbonyl (C=O) groups excluding carboxylic acids is 1. The first-order chi connectivity index (χ1) is 10.1. The van der Waals surface area contributed by atoms with E-state index < -0.39 is 12.0 Å². The number of hydrogen-bond acceptors (Lipinski definition) is 3. The molecule has 116 valence electrons. The fourth-order valence-corrected chi connectivity index (χ4v) is 2.67. The average Bonchev–Trinajstić information content (AvgIpc) is 2.49. The molecular weight excluding hydrogens is 278 g/mol. The number of benzene rings is 1. The molecule has 1 aliphatic rings. The van der Waals surface area contributed by atoms with Crippen LogP contribution in [0.2, 0.25) is 0 Å². The maximum absolute atomic E-state index is 12.6. The van der Waals surface area contributed by atoms with Crippen LogP contribution in [0.3, 0.4) is 0 Å². The van der Waals surface area contributed by atoms with Crippen molar-refractivity contribution in [1.29, 1.82) is 0 Å². The van der Waals surface area contributed by atoms with Crippen molar-refractivity contribution < 1.29 is 18.3 Å². The molecule has 1 amide bonds. The molecule has 2 N–H and O–H groups in total. The molecule has 0 saturated carbocycles. The van der Waals surface area contributed by atoms with Crippen molar-refractivity contribution in [3.05, 3.63) is 24.3 Å². The van der Waals surface area contributed by atoms with Crippen LogP contribution in [0.15, 0.2) is 24.3 Å². The number of piperidine rings is 1. The normalized spacial score (nSPS) is 17.5. The lowest BCUT2D eigenvalue weighted by Crippen LogP contribution is -2.44. The average molecular weight is 298 g/mol. The number of carbonyl (C=O) groups is 1. The number of ether oxygens (including phenoxy) is 1. The van der Waals surface area contributed by atoms with Gasteiger partial charge in [-0.15, -0.1) is 0 Å². The van der Waals surface area contributed by atoms with Crippen LogP contribution in [0.5, 0.6) is 5.75 Å². The number of nitrogens with one attached hydrogen (secondary N) is 2. The van der Waals surface area contributed by atoms with Crippen molar-refractivity contribution in [2.45, 2.75) is 32.8 Å². The number of rotatable bonds is 5. The third kappa shape index (κ3) is 3.69. The van der Waals surface area contributed by atoms with Gasteiger partial charge in [-0.2, -0.15) is 8.78 Å². The molecule has 0 spiro atoms. The molecule has 0 radical (unpaired) electrons. The Morgan fingerprint density at radius 2 is 2.05 bits per heavy atom. The lowest BCUT2D eigenvalue weighted by Gasteiger charge is -2.35. The minimum atomic E-state index is -2.91. The number of hydrogen-bond donors (Lipinski definition) is 2. The maximum Gasteiger partial charge on any atom is 0.387 e. The van der Waals surface area contributed by atoms with Crippen LogP contribution in [0, 0.1) is 5.41 Å². The molecule has 6 heteroatoms. The number of halogens is 2. The van der Waals surface area contributed by atoms with Gasteiger partial charge in [-0.25, -0.2) is 0 Å². The van der Waals surface area contributed by atoms with Gasteiger partial charge in [0.1, 0.15) is 5.75 Å². The van der Waals surface area contributed by atoms with Crippen LogP contribution in [-0.4, -0.2) is 25.6 Å². The maximum atomic E-state index is 12.6. The lowest BCUT2D eigenvalue weighted by molar-refractivity contribution is -0.127. The smallest absolute Gasteiger partial charge is 0.387 e. The molecule has 0 aromatic heterocycles. The molecule has 1 fully saturated rings. The van der Waals surface area contributed by atoms with Crippen LogP contribution in [0.25, 0.3) is 0 Å². The number of amides is 1. The largest absolute Gasteiger partial charge is 0.433 e. The Hall–Kier alpha value is -1.69. The second kappa shape index (κ2) is 6.85. The van der Waals surface area contributed by atoms with E-state index in [0.717, 1.165) is 32.4 Å². The Labute approximate surface area is 122 Å². The SMILES string of the molecule is CCC1(C(=O)Nc2ccccc2OC(F)F)CCNCC1. The molecule has 21 heavy (non-hydrogen) atoms. The molecule has 2 rings (SSSR count). The van der Waals surface area contributed by atoms with Crippen molar-refractivity contribution in [3.63, 3.8) is 0 Å². The Bertz CT molecular complexity index is 488. The Morgan fingerprint density at radius 1 is 1.38 bits per heavy atom. The minimum Gasteiger partial charge on any atom is -0.433 e. The molecule has 1 aromatic carbocycles. The number of alkyl halides is 2. The van der Waals surface area contributed by atoms with E-state index in [1.165, 1.54) is 6.07 Å². The molecule has 0 unspecified atom stereocenters. The van der Waals surface area contributed by atoms with E-state index >= 15 is 0 Å². The predicted octanol–water partition coefficient (Wildman–Crippen LogP) is 3.01. The quantitative estimate of drug-likeness (QED) is 0.878. The lowest BCUT2D eigenvalue weighted by atomic mass is 9.76. The summed E-state index contributed by atoms with van der Waals surface area (Å²) in [6.45, 7) is 0.640. The van der Waals surface area contributed by atoms with Crippen LogP contribution >= 0.6 is 0 Å². The van der Waals surface area contributed by atoms with Gasteiger partial charge in [-0.05, 0) is 44.5 Å². The molecule has 1 heterocycles. The summed E-state index contributed by atoms with van der Waals surface area (Å²) >= 11 is 0. The van der Waals surface area contributed by atoms with E-state index in [2.05, 4.69) is 15.4 Å². The first-order valence-electron chi connectivity index (χ1n) is 7.13. The molecule has 4 nitrogen and oxygen atoms in total. The topological polar surface area (TPSA) is 50.4 Å². The highest BCUT2D eigenvalue weighted by Crippen LogP contribution is 2.35. The second-order valence-electron chi connectivity index (χ2n) is 5.21. The van der Waals surface area contributed by atoms with Gasteiger partial charge in [0, 0.05) is 0 Å². The Morgan fingerprint density at radius 3 is 2.67 bits per heavy atom. The second-order valence-corrected chi connectivity index (χ2v) is 5.21. The first kappa shape index (κ1) is 15.7. The molecule has 1 saturated heterocycles. The summed E-state index contributed by atoms with van der Waals surface area (Å²) in [6.07, 6.45) is 2.21. The highest BCUT2D eigenvalue weighted by molar-refractivity contribution is 5.96. The monoisotopic (exact) mass is 298 g/mol. The Balaban J connectivity index is 2.15. The third-order valence-corrected chi connectivity index (χ3v) is 4.07. The molecule has 0 aliphatic carbocycles. The van der Waals surface area contributed by atoms with Crippen molar-refractivity contribution in [3.8, 4) is 5.75 Å². The van der Waals surface area contributed by atoms with Crippen molar-refractivity contribution in [2.75, 3.05) is 18.4 Å². The van der Waals surface area contributed by atoms with Gasteiger partial charge in [0.05, 0.1) is 11.1 Å². The van der Waals surface area contributed by atoms with Crippen LogP contribution in [0.1, 0.15) is 26.2 Å². The van der Waals surface area contributed by atoms with Gasteiger partial charge in [0.2, 0.25) is 5.91 Å². The minimum absolute atomic E-state index is 0.0129. The van der Waals surface area contributed by atoms with Gasteiger partial charge in [0.15, 0.2) is 0 Å². The third-order valence-electron chi connectivity index (χ3n) is 4.07. The summed E-state index contributed by atoms with van der Waals surface area (Å²) < 4.78 is 29.2. The molecule has 0 bridgehead atoms. The molecule has 0 atom stereocenters. The summed E-state index contributed by atoms with van der Waals surface area (Å²) in [5.41, 5.74) is -0.155. The zero-order valence-corrected chi connectivity index (χ0v) is 12.0. The Kier molecular flexibility index (Phi) is 5.12. The number of anilines is 1. The van der Waals surface area contributed by atoms with Crippen LogP contribution in [-0.2, 0) is 4.79 Å². The van der Waals surface area contributed by atoms with E-state index in [9.17, 15) is 13.6 Å². The zero-order valence-electron chi connectivity index (χ0n) is 12.0. The van der Waals surface area contributed by atoms with Crippen LogP contribution < -0.4 is 15.4 Å². The van der Waals surface area contributed by atoms with E-state index in [1.54, 1.807) is 18.2 Å².